The number of rotatable bonds is 0. The summed E-state index contributed by atoms with van der Waals surface area (Å²) < 4.78 is 0. The number of benzene rings is 2. The molecule has 0 amide bonds. The number of allylic oxidation sites excluding steroid dienone is 4. The first-order valence-corrected chi connectivity index (χ1v) is 7.26. The van der Waals surface area contributed by atoms with Crippen LogP contribution in [0.25, 0.3) is 23.3 Å². The van der Waals surface area contributed by atoms with E-state index in [2.05, 4.69) is 24.3 Å². The van der Waals surface area contributed by atoms with Crippen LogP contribution in [-0.2, 0) is 0 Å². The Morgan fingerprint density at radius 2 is 1.18 bits per heavy atom. The number of nitrogens with one attached hydrogen (secondary N) is 1. The van der Waals surface area contributed by atoms with Gasteiger partial charge in [0, 0.05) is 11.6 Å². The number of nitrogens with two attached hydrogens (primary N) is 1. The Kier molecular flexibility index (Phi) is 2.76. The van der Waals surface area contributed by atoms with Crippen molar-refractivity contribution in [3.05, 3.63) is 82.9 Å². The summed E-state index contributed by atoms with van der Waals surface area (Å²) in [5.74, 6) is 0. The molecule has 0 spiro atoms. The maximum atomic E-state index is 8.41. The number of fused-ring (bicyclic) bond motifs is 2. The molecule has 0 bridgehead atoms. The van der Waals surface area contributed by atoms with Crippen LogP contribution < -0.4 is 5.41 Å². The maximum absolute atomic E-state index is 8.41. The van der Waals surface area contributed by atoms with Gasteiger partial charge in [0.1, 0.15) is 0 Å². The first-order chi connectivity index (χ1) is 10.8. The fourth-order valence-electron chi connectivity index (χ4n) is 3.11. The summed E-state index contributed by atoms with van der Waals surface area (Å²) in [6.07, 6.45) is 7.79. The van der Waals surface area contributed by atoms with Crippen LogP contribution in [0.2, 0.25) is 0 Å². The van der Waals surface area contributed by atoms with Crippen LogP contribution in [0.15, 0.2) is 60.7 Å². The van der Waals surface area contributed by atoms with E-state index in [1.165, 1.54) is 0 Å². The summed E-state index contributed by atoms with van der Waals surface area (Å²) in [7, 11) is 0. The van der Waals surface area contributed by atoms with Crippen LogP contribution in [0, 0.1) is 5.41 Å². The van der Waals surface area contributed by atoms with E-state index in [0.29, 0.717) is 11.4 Å². The van der Waals surface area contributed by atoms with Gasteiger partial charge in [-0.3, -0.25) is 5.41 Å². The zero-order valence-corrected chi connectivity index (χ0v) is 12.0. The van der Waals surface area contributed by atoms with Crippen LogP contribution in [0.3, 0.4) is 0 Å². The van der Waals surface area contributed by atoms with Crippen LogP contribution in [0.4, 0.5) is 0 Å². The highest BCUT2D eigenvalue weighted by atomic mass is 14.5. The molecule has 0 radical (unpaired) electrons. The summed E-state index contributed by atoms with van der Waals surface area (Å²) in [6, 6.07) is 16.3. The molecule has 22 heavy (non-hydrogen) atoms. The predicted molar refractivity (Wildman–Crippen MR) is 92.4 cm³/mol. The lowest BCUT2D eigenvalue weighted by atomic mass is 9.80. The van der Waals surface area contributed by atoms with E-state index in [1.807, 2.05) is 48.6 Å². The third-order valence-electron chi connectivity index (χ3n) is 4.14. The molecular weight excluding hydrogens is 268 g/mol. The van der Waals surface area contributed by atoms with E-state index < -0.39 is 0 Å². The van der Waals surface area contributed by atoms with Crippen molar-refractivity contribution < 1.29 is 5.41 Å². The van der Waals surface area contributed by atoms with Crippen molar-refractivity contribution in [3.8, 4) is 0 Å². The molecule has 0 atom stereocenters. The molecule has 0 fully saturated rings. The Labute approximate surface area is 129 Å². The Balaban J connectivity index is 2.09. The van der Waals surface area contributed by atoms with Crippen LogP contribution in [-0.4, -0.2) is 11.4 Å². The highest BCUT2D eigenvalue weighted by Crippen LogP contribution is 2.36. The molecule has 2 nitrogen and oxygen atoms in total. The average molecular weight is 283 g/mol. The molecule has 0 heterocycles. The number of hydrogen-bond acceptors (Lipinski definition) is 1. The first kappa shape index (κ1) is 12.7. The van der Waals surface area contributed by atoms with E-state index in [1.54, 1.807) is 0 Å². The van der Waals surface area contributed by atoms with E-state index in [0.717, 1.165) is 33.4 Å². The van der Waals surface area contributed by atoms with E-state index in [4.69, 9.17) is 10.8 Å². The molecule has 0 unspecified atom stereocenters. The average Bonchev–Trinajstić information content (AvgIpc) is 2.56. The normalized spacial score (nSPS) is 19.1. The van der Waals surface area contributed by atoms with E-state index >= 15 is 0 Å². The molecule has 2 aromatic rings. The standard InChI is InChI=1S/C20H14N2/c21-17-11-9-13-5-1-3-7-15(13)19(17)20-16-8-4-2-6-14(16)10-12-18(20)22/h1-12,21-22H/p+1/b20-19-,21-17?,22-18?. The van der Waals surface area contributed by atoms with Gasteiger partial charge < -0.3 is 5.41 Å². The third kappa shape index (κ3) is 1.81. The zero-order valence-electron chi connectivity index (χ0n) is 12.0. The van der Waals surface area contributed by atoms with Gasteiger partial charge in [0.2, 0.25) is 5.71 Å². The molecule has 0 saturated carbocycles. The largest absolute Gasteiger partial charge is 0.300 e. The topological polar surface area (TPSA) is 49.4 Å². The second kappa shape index (κ2) is 4.78. The molecule has 0 saturated heterocycles. The van der Waals surface area contributed by atoms with Gasteiger partial charge in [0.25, 0.3) is 0 Å². The Bertz CT molecular complexity index is 835. The van der Waals surface area contributed by atoms with E-state index in [-0.39, 0.29) is 0 Å². The minimum absolute atomic E-state index is 0.502. The van der Waals surface area contributed by atoms with Crippen molar-refractivity contribution in [3.63, 3.8) is 0 Å². The molecule has 2 aliphatic rings. The molecule has 3 N–H and O–H groups in total. The van der Waals surface area contributed by atoms with Gasteiger partial charge in [-0.25, -0.2) is 0 Å². The fraction of sp³-hybridized carbons (Fsp3) is 0. The van der Waals surface area contributed by atoms with Crippen LogP contribution in [0.5, 0.6) is 0 Å². The maximum Gasteiger partial charge on any atom is 0.205 e. The lowest BCUT2D eigenvalue weighted by Gasteiger charge is -2.21. The third-order valence-corrected chi connectivity index (χ3v) is 4.14. The molecule has 2 heteroatoms. The van der Waals surface area contributed by atoms with Crippen molar-refractivity contribution in [2.75, 3.05) is 0 Å². The molecule has 0 aromatic heterocycles. The summed E-state index contributed by atoms with van der Waals surface area (Å²) >= 11 is 0. The van der Waals surface area contributed by atoms with Gasteiger partial charge in [-0.05, 0) is 34.4 Å². The zero-order chi connectivity index (χ0) is 15.1. The highest BCUT2D eigenvalue weighted by molar-refractivity contribution is 6.48. The Hall–Kier alpha value is -3.00. The van der Waals surface area contributed by atoms with Crippen molar-refractivity contribution in [2.24, 2.45) is 0 Å². The van der Waals surface area contributed by atoms with Crippen LogP contribution >= 0.6 is 0 Å². The Morgan fingerprint density at radius 3 is 1.86 bits per heavy atom. The molecule has 2 aliphatic carbocycles. The minimum Gasteiger partial charge on any atom is -0.300 e. The highest BCUT2D eigenvalue weighted by Gasteiger charge is 2.26. The summed E-state index contributed by atoms with van der Waals surface area (Å²) in [5, 5.41) is 14.7. The summed E-state index contributed by atoms with van der Waals surface area (Å²) in [6.45, 7) is 0. The molecule has 2 aromatic carbocycles. The molecule has 104 valence electrons. The molecular formula is C20H15N2+. The van der Waals surface area contributed by atoms with Crippen LogP contribution in [0.1, 0.15) is 22.3 Å². The lowest BCUT2D eigenvalue weighted by Crippen LogP contribution is -2.40. The van der Waals surface area contributed by atoms with Crippen molar-refractivity contribution in [2.45, 2.75) is 0 Å². The van der Waals surface area contributed by atoms with Crippen molar-refractivity contribution in [1.82, 2.24) is 0 Å². The van der Waals surface area contributed by atoms with Gasteiger partial charge in [-0.15, -0.1) is 0 Å². The van der Waals surface area contributed by atoms with E-state index in [9.17, 15) is 0 Å². The Morgan fingerprint density at radius 1 is 0.636 bits per heavy atom. The first-order valence-electron chi connectivity index (χ1n) is 7.26. The van der Waals surface area contributed by atoms with Gasteiger partial charge in [0.15, 0.2) is 0 Å². The SMILES string of the molecule is N=C1C=Cc2ccccc2/C1=C1/C(=[NH2+])C=Cc2ccccc21. The van der Waals surface area contributed by atoms with Crippen molar-refractivity contribution in [1.29, 1.82) is 5.41 Å². The molecule has 4 rings (SSSR count). The number of hydrogen-bond donors (Lipinski definition) is 2. The van der Waals surface area contributed by atoms with Gasteiger partial charge in [-0.2, -0.15) is 0 Å². The second-order valence-electron chi connectivity index (χ2n) is 5.46. The smallest absolute Gasteiger partial charge is 0.205 e. The van der Waals surface area contributed by atoms with Gasteiger partial charge >= 0.3 is 0 Å². The van der Waals surface area contributed by atoms with Crippen molar-refractivity contribution >= 4 is 34.7 Å². The van der Waals surface area contributed by atoms with Gasteiger partial charge in [0.05, 0.1) is 11.3 Å². The monoisotopic (exact) mass is 283 g/mol. The minimum atomic E-state index is 0.502. The predicted octanol–water partition coefficient (Wildman–Crippen LogP) is 2.87. The summed E-state index contributed by atoms with van der Waals surface area (Å²) in [4.78, 5) is 0. The van der Waals surface area contributed by atoms with Gasteiger partial charge in [-0.1, -0.05) is 54.6 Å². The lowest BCUT2D eigenvalue weighted by molar-refractivity contribution is -0.109. The second-order valence-corrected chi connectivity index (χ2v) is 5.46. The fourth-order valence-corrected chi connectivity index (χ4v) is 3.11. The summed E-state index contributed by atoms with van der Waals surface area (Å²) in [5.41, 5.74) is 7.50. The molecule has 0 aliphatic heterocycles. The quantitative estimate of drug-likeness (QED) is 0.747.